The molecule has 1 aliphatic rings. The Kier molecular flexibility index (Phi) is 2.33. The first kappa shape index (κ1) is 7.61. The Morgan fingerprint density at radius 1 is 1.20 bits per heavy atom. The SMILES string of the molecule is C=C(O)C1CCC(O)CC1. The van der Waals surface area contributed by atoms with Crippen molar-refractivity contribution in [2.75, 3.05) is 0 Å². The summed E-state index contributed by atoms with van der Waals surface area (Å²) in [5, 5.41) is 18.1. The van der Waals surface area contributed by atoms with E-state index >= 15 is 0 Å². The quantitative estimate of drug-likeness (QED) is 0.546. The van der Waals surface area contributed by atoms with Crippen LogP contribution in [0.25, 0.3) is 0 Å². The Morgan fingerprint density at radius 3 is 2.10 bits per heavy atom. The number of allylic oxidation sites excluding steroid dienone is 1. The minimum absolute atomic E-state index is 0.143. The summed E-state index contributed by atoms with van der Waals surface area (Å²) in [6, 6.07) is 0. The molecule has 0 aliphatic heterocycles. The van der Waals surface area contributed by atoms with E-state index in [1.54, 1.807) is 0 Å². The molecule has 0 bridgehead atoms. The van der Waals surface area contributed by atoms with Crippen LogP contribution >= 0.6 is 0 Å². The van der Waals surface area contributed by atoms with Gasteiger partial charge in [-0.05, 0) is 25.7 Å². The fourth-order valence-electron chi connectivity index (χ4n) is 1.41. The van der Waals surface area contributed by atoms with Crippen molar-refractivity contribution in [3.63, 3.8) is 0 Å². The normalized spacial score (nSPS) is 33.7. The maximum Gasteiger partial charge on any atom is 0.0881 e. The predicted octanol–water partition coefficient (Wildman–Crippen LogP) is 1.61. The third kappa shape index (κ3) is 1.74. The van der Waals surface area contributed by atoms with Crippen molar-refractivity contribution in [3.8, 4) is 0 Å². The number of aliphatic hydroxyl groups is 2. The van der Waals surface area contributed by atoms with Crippen LogP contribution in [0, 0.1) is 5.92 Å². The molecule has 0 aromatic heterocycles. The van der Waals surface area contributed by atoms with Gasteiger partial charge in [-0.2, -0.15) is 0 Å². The van der Waals surface area contributed by atoms with E-state index in [4.69, 9.17) is 10.2 Å². The van der Waals surface area contributed by atoms with E-state index in [2.05, 4.69) is 6.58 Å². The van der Waals surface area contributed by atoms with Crippen LogP contribution in [0.3, 0.4) is 0 Å². The van der Waals surface area contributed by atoms with Crippen molar-refractivity contribution in [2.24, 2.45) is 5.92 Å². The topological polar surface area (TPSA) is 40.5 Å². The van der Waals surface area contributed by atoms with Crippen molar-refractivity contribution < 1.29 is 10.2 Å². The van der Waals surface area contributed by atoms with Crippen LogP contribution in [0.4, 0.5) is 0 Å². The van der Waals surface area contributed by atoms with Gasteiger partial charge in [0.1, 0.15) is 0 Å². The summed E-state index contributed by atoms with van der Waals surface area (Å²) in [5.41, 5.74) is 0. The molecular weight excluding hydrogens is 128 g/mol. The summed E-state index contributed by atoms with van der Waals surface area (Å²) in [6.07, 6.45) is 3.25. The third-order valence-corrected chi connectivity index (χ3v) is 2.17. The zero-order valence-electron chi connectivity index (χ0n) is 6.08. The number of hydrogen-bond donors (Lipinski definition) is 2. The van der Waals surface area contributed by atoms with Gasteiger partial charge in [-0.1, -0.05) is 6.58 Å². The van der Waals surface area contributed by atoms with Crippen molar-refractivity contribution in [1.29, 1.82) is 0 Å². The molecule has 0 saturated heterocycles. The van der Waals surface area contributed by atoms with Gasteiger partial charge < -0.3 is 10.2 Å². The molecule has 0 aromatic rings. The molecule has 1 aliphatic carbocycles. The fraction of sp³-hybridized carbons (Fsp3) is 0.750. The lowest BCUT2D eigenvalue weighted by Crippen LogP contribution is -2.18. The first-order chi connectivity index (χ1) is 4.70. The molecule has 2 N–H and O–H groups in total. The minimum Gasteiger partial charge on any atom is -0.513 e. The second-order valence-electron chi connectivity index (χ2n) is 3.00. The van der Waals surface area contributed by atoms with Gasteiger partial charge in [-0.3, -0.25) is 0 Å². The van der Waals surface area contributed by atoms with Crippen LogP contribution in [0.2, 0.25) is 0 Å². The molecule has 2 heteroatoms. The molecule has 10 heavy (non-hydrogen) atoms. The fourth-order valence-corrected chi connectivity index (χ4v) is 1.41. The highest BCUT2D eigenvalue weighted by Crippen LogP contribution is 2.27. The third-order valence-electron chi connectivity index (χ3n) is 2.17. The summed E-state index contributed by atoms with van der Waals surface area (Å²) in [6.45, 7) is 3.48. The summed E-state index contributed by atoms with van der Waals surface area (Å²) >= 11 is 0. The molecular formula is C8H14O2. The van der Waals surface area contributed by atoms with Crippen molar-refractivity contribution in [1.82, 2.24) is 0 Å². The van der Waals surface area contributed by atoms with Gasteiger partial charge in [-0.25, -0.2) is 0 Å². The van der Waals surface area contributed by atoms with Crippen LogP contribution in [0.5, 0.6) is 0 Å². The van der Waals surface area contributed by atoms with E-state index in [0.717, 1.165) is 25.7 Å². The van der Waals surface area contributed by atoms with E-state index in [-0.39, 0.29) is 17.8 Å². The smallest absolute Gasteiger partial charge is 0.0881 e. The van der Waals surface area contributed by atoms with E-state index in [1.807, 2.05) is 0 Å². The molecule has 1 saturated carbocycles. The van der Waals surface area contributed by atoms with Crippen LogP contribution in [0.15, 0.2) is 12.3 Å². The lowest BCUT2D eigenvalue weighted by atomic mass is 9.87. The van der Waals surface area contributed by atoms with E-state index in [9.17, 15) is 0 Å². The van der Waals surface area contributed by atoms with Gasteiger partial charge in [0.15, 0.2) is 0 Å². The standard InChI is InChI=1S/C8H14O2/c1-6(9)7-2-4-8(10)5-3-7/h7-10H,1-5H2. The molecule has 0 radical (unpaired) electrons. The number of aliphatic hydroxyl groups excluding tert-OH is 2. The molecule has 1 rings (SSSR count). The first-order valence-corrected chi connectivity index (χ1v) is 3.76. The summed E-state index contributed by atoms with van der Waals surface area (Å²) in [5.74, 6) is 0.523. The Bertz CT molecular complexity index is 123. The highest BCUT2D eigenvalue weighted by atomic mass is 16.3. The molecule has 0 amide bonds. The monoisotopic (exact) mass is 142 g/mol. The van der Waals surface area contributed by atoms with Crippen LogP contribution in [-0.4, -0.2) is 16.3 Å². The average Bonchev–Trinajstić information content (AvgIpc) is 1.88. The Labute approximate surface area is 61.2 Å². The van der Waals surface area contributed by atoms with Crippen molar-refractivity contribution in [3.05, 3.63) is 12.3 Å². The van der Waals surface area contributed by atoms with Gasteiger partial charge in [0.25, 0.3) is 0 Å². The first-order valence-electron chi connectivity index (χ1n) is 3.76. The second-order valence-corrected chi connectivity index (χ2v) is 3.00. The average molecular weight is 142 g/mol. The zero-order valence-corrected chi connectivity index (χ0v) is 6.08. The van der Waals surface area contributed by atoms with Crippen molar-refractivity contribution >= 4 is 0 Å². The van der Waals surface area contributed by atoms with Crippen LogP contribution in [-0.2, 0) is 0 Å². The predicted molar refractivity (Wildman–Crippen MR) is 39.7 cm³/mol. The molecule has 2 nitrogen and oxygen atoms in total. The van der Waals surface area contributed by atoms with Gasteiger partial charge >= 0.3 is 0 Å². The molecule has 1 fully saturated rings. The highest BCUT2D eigenvalue weighted by Gasteiger charge is 2.20. The molecule has 0 unspecified atom stereocenters. The molecule has 58 valence electrons. The second kappa shape index (κ2) is 3.06. The molecule has 0 atom stereocenters. The molecule has 0 aromatic carbocycles. The van der Waals surface area contributed by atoms with Gasteiger partial charge in [0, 0.05) is 5.92 Å². The Morgan fingerprint density at radius 2 is 1.70 bits per heavy atom. The summed E-state index contributed by atoms with van der Waals surface area (Å²) in [4.78, 5) is 0. The summed E-state index contributed by atoms with van der Waals surface area (Å²) in [7, 11) is 0. The van der Waals surface area contributed by atoms with E-state index in [0.29, 0.717) is 0 Å². The van der Waals surface area contributed by atoms with Crippen LogP contribution in [0.1, 0.15) is 25.7 Å². The highest BCUT2D eigenvalue weighted by molar-refractivity contribution is 4.91. The van der Waals surface area contributed by atoms with E-state index < -0.39 is 0 Å². The maximum absolute atomic E-state index is 9.10. The maximum atomic E-state index is 9.10. The van der Waals surface area contributed by atoms with Gasteiger partial charge in [0.05, 0.1) is 11.9 Å². The zero-order chi connectivity index (χ0) is 7.56. The van der Waals surface area contributed by atoms with Crippen LogP contribution < -0.4 is 0 Å². The largest absolute Gasteiger partial charge is 0.513 e. The lowest BCUT2D eigenvalue weighted by molar-refractivity contribution is 0.106. The molecule has 0 spiro atoms. The minimum atomic E-state index is -0.143. The lowest BCUT2D eigenvalue weighted by Gasteiger charge is -2.23. The number of rotatable bonds is 1. The van der Waals surface area contributed by atoms with Crippen molar-refractivity contribution in [2.45, 2.75) is 31.8 Å². The summed E-state index contributed by atoms with van der Waals surface area (Å²) < 4.78 is 0. The Balaban J connectivity index is 2.33. The molecule has 0 heterocycles. The van der Waals surface area contributed by atoms with Gasteiger partial charge in [-0.15, -0.1) is 0 Å². The van der Waals surface area contributed by atoms with Gasteiger partial charge in [0.2, 0.25) is 0 Å². The van der Waals surface area contributed by atoms with E-state index in [1.165, 1.54) is 0 Å². The number of hydrogen-bond acceptors (Lipinski definition) is 2. The Hall–Kier alpha value is -0.500.